The molecule has 100 valence electrons. The first kappa shape index (κ1) is 14.6. The van der Waals surface area contributed by atoms with Crippen LogP contribution < -0.4 is 4.74 Å². The van der Waals surface area contributed by atoms with Crippen LogP contribution in [-0.2, 0) is 11.2 Å². The zero-order valence-electron chi connectivity index (χ0n) is 11.4. The fourth-order valence-corrected chi connectivity index (χ4v) is 1.78. The molecule has 0 fully saturated rings. The van der Waals surface area contributed by atoms with Crippen LogP contribution in [0.3, 0.4) is 0 Å². The third kappa shape index (κ3) is 4.06. The molecule has 0 saturated heterocycles. The van der Waals surface area contributed by atoms with Gasteiger partial charge in [0.25, 0.3) is 0 Å². The van der Waals surface area contributed by atoms with Crippen LogP contribution in [0.4, 0.5) is 0 Å². The Labute approximate surface area is 109 Å². The molecule has 0 aliphatic carbocycles. The average Bonchev–Trinajstić information content (AvgIpc) is 2.33. The van der Waals surface area contributed by atoms with Gasteiger partial charge >= 0.3 is 0 Å². The lowest BCUT2D eigenvalue weighted by Gasteiger charge is -2.10. The molecule has 0 saturated carbocycles. The number of aromatic hydroxyl groups is 1. The summed E-state index contributed by atoms with van der Waals surface area (Å²) < 4.78 is 5.33. The van der Waals surface area contributed by atoms with E-state index >= 15 is 0 Å². The van der Waals surface area contributed by atoms with Crippen molar-refractivity contribution in [1.82, 2.24) is 0 Å². The van der Waals surface area contributed by atoms with Gasteiger partial charge in [-0.1, -0.05) is 26.0 Å². The van der Waals surface area contributed by atoms with Gasteiger partial charge in [0.05, 0.1) is 6.61 Å². The highest BCUT2D eigenvalue weighted by molar-refractivity contribution is 5.80. The van der Waals surface area contributed by atoms with Crippen LogP contribution in [0.2, 0.25) is 0 Å². The van der Waals surface area contributed by atoms with Crippen LogP contribution in [-0.4, -0.2) is 17.5 Å². The quantitative estimate of drug-likeness (QED) is 0.807. The number of benzene rings is 1. The molecule has 0 atom stereocenters. The van der Waals surface area contributed by atoms with Crippen LogP contribution in [0.5, 0.6) is 11.5 Å². The van der Waals surface area contributed by atoms with E-state index in [9.17, 15) is 9.90 Å². The fourth-order valence-electron chi connectivity index (χ4n) is 1.78. The predicted octanol–water partition coefficient (Wildman–Crippen LogP) is 3.34. The highest BCUT2D eigenvalue weighted by Gasteiger charge is 2.10. The van der Waals surface area contributed by atoms with E-state index in [0.717, 1.165) is 12.0 Å². The van der Waals surface area contributed by atoms with Gasteiger partial charge in [-0.25, -0.2) is 0 Å². The van der Waals surface area contributed by atoms with E-state index in [1.807, 2.05) is 32.9 Å². The van der Waals surface area contributed by atoms with Gasteiger partial charge in [0.2, 0.25) is 0 Å². The molecule has 0 bridgehead atoms. The summed E-state index contributed by atoms with van der Waals surface area (Å²) in [5, 5.41) is 9.98. The summed E-state index contributed by atoms with van der Waals surface area (Å²) in [6.07, 6.45) is 2.03. The topological polar surface area (TPSA) is 46.5 Å². The summed E-state index contributed by atoms with van der Waals surface area (Å²) >= 11 is 0. The normalized spacial score (nSPS) is 10.7. The van der Waals surface area contributed by atoms with Crippen molar-refractivity contribution in [2.24, 2.45) is 5.92 Å². The van der Waals surface area contributed by atoms with Crippen LogP contribution >= 0.6 is 0 Å². The Kier molecular flexibility index (Phi) is 5.69. The number of para-hydroxylation sites is 1. The van der Waals surface area contributed by atoms with E-state index in [1.165, 1.54) is 0 Å². The zero-order chi connectivity index (χ0) is 13.5. The molecule has 1 aromatic carbocycles. The molecular formula is C15H22O3. The van der Waals surface area contributed by atoms with Gasteiger partial charge in [0.15, 0.2) is 11.5 Å². The Bertz CT molecular complexity index is 397. The highest BCUT2D eigenvalue weighted by Crippen LogP contribution is 2.30. The molecule has 18 heavy (non-hydrogen) atoms. The minimum Gasteiger partial charge on any atom is -0.504 e. The van der Waals surface area contributed by atoms with Gasteiger partial charge in [0, 0.05) is 12.3 Å². The molecule has 0 amide bonds. The number of hydrogen-bond donors (Lipinski definition) is 1. The lowest BCUT2D eigenvalue weighted by molar-refractivity contribution is -0.121. The third-order valence-electron chi connectivity index (χ3n) is 2.90. The standard InChI is InChI=1S/C15H22O3/c1-4-18-14-10-6-8-12(15(14)17)7-5-9-13(16)11(2)3/h6,8,10-11,17H,4-5,7,9H2,1-3H3. The Morgan fingerprint density at radius 2 is 2.11 bits per heavy atom. The maximum absolute atomic E-state index is 11.5. The van der Waals surface area contributed by atoms with Crippen LogP contribution in [0, 0.1) is 5.92 Å². The molecule has 0 aromatic heterocycles. The zero-order valence-corrected chi connectivity index (χ0v) is 11.4. The maximum Gasteiger partial charge on any atom is 0.161 e. The Morgan fingerprint density at radius 3 is 2.72 bits per heavy atom. The molecule has 0 aliphatic heterocycles. The number of carbonyl (C=O) groups is 1. The summed E-state index contributed by atoms with van der Waals surface area (Å²) in [6, 6.07) is 5.49. The number of Topliss-reactive ketones (excluding diaryl/α,β-unsaturated/α-hetero) is 1. The third-order valence-corrected chi connectivity index (χ3v) is 2.90. The molecule has 0 unspecified atom stereocenters. The molecule has 0 aliphatic rings. The van der Waals surface area contributed by atoms with Crippen molar-refractivity contribution < 1.29 is 14.6 Å². The van der Waals surface area contributed by atoms with Crippen molar-refractivity contribution in [3.8, 4) is 11.5 Å². The van der Waals surface area contributed by atoms with E-state index in [0.29, 0.717) is 25.2 Å². The maximum atomic E-state index is 11.5. The fraction of sp³-hybridized carbons (Fsp3) is 0.533. The number of aryl methyl sites for hydroxylation is 1. The molecule has 3 nitrogen and oxygen atoms in total. The predicted molar refractivity (Wildman–Crippen MR) is 72.1 cm³/mol. The average molecular weight is 250 g/mol. The molecule has 0 radical (unpaired) electrons. The monoisotopic (exact) mass is 250 g/mol. The van der Waals surface area contributed by atoms with E-state index < -0.39 is 0 Å². The largest absolute Gasteiger partial charge is 0.504 e. The summed E-state index contributed by atoms with van der Waals surface area (Å²) in [4.78, 5) is 11.5. The van der Waals surface area contributed by atoms with Crippen LogP contribution in [0.1, 0.15) is 39.2 Å². The first-order valence-corrected chi connectivity index (χ1v) is 6.52. The van der Waals surface area contributed by atoms with Crippen molar-refractivity contribution in [2.75, 3.05) is 6.61 Å². The second-order valence-electron chi connectivity index (χ2n) is 4.67. The number of phenols is 1. The summed E-state index contributed by atoms with van der Waals surface area (Å²) in [6.45, 7) is 6.24. The van der Waals surface area contributed by atoms with Gasteiger partial charge < -0.3 is 9.84 Å². The SMILES string of the molecule is CCOc1cccc(CCCC(=O)C(C)C)c1O. The lowest BCUT2D eigenvalue weighted by Crippen LogP contribution is -2.06. The Hall–Kier alpha value is -1.51. The Morgan fingerprint density at radius 1 is 1.39 bits per heavy atom. The van der Waals surface area contributed by atoms with Gasteiger partial charge in [-0.3, -0.25) is 4.79 Å². The number of ketones is 1. The number of ether oxygens (including phenoxy) is 1. The second kappa shape index (κ2) is 7.04. The summed E-state index contributed by atoms with van der Waals surface area (Å²) in [7, 11) is 0. The minimum atomic E-state index is 0.0911. The van der Waals surface area contributed by atoms with Crippen molar-refractivity contribution >= 4 is 5.78 Å². The summed E-state index contributed by atoms with van der Waals surface area (Å²) in [5.41, 5.74) is 0.845. The molecule has 0 spiro atoms. The van der Waals surface area contributed by atoms with E-state index in [4.69, 9.17) is 4.74 Å². The molecule has 0 heterocycles. The van der Waals surface area contributed by atoms with Gasteiger partial charge in [-0.15, -0.1) is 0 Å². The lowest BCUT2D eigenvalue weighted by atomic mass is 10.0. The second-order valence-corrected chi connectivity index (χ2v) is 4.67. The van der Waals surface area contributed by atoms with Gasteiger partial charge in [-0.05, 0) is 31.4 Å². The van der Waals surface area contributed by atoms with E-state index in [2.05, 4.69) is 0 Å². The van der Waals surface area contributed by atoms with Crippen molar-refractivity contribution in [1.29, 1.82) is 0 Å². The molecule has 1 rings (SSSR count). The first-order valence-electron chi connectivity index (χ1n) is 6.52. The Balaban J connectivity index is 2.57. The molecular weight excluding hydrogens is 228 g/mol. The van der Waals surface area contributed by atoms with E-state index in [-0.39, 0.29) is 17.5 Å². The molecule has 1 aromatic rings. The van der Waals surface area contributed by atoms with Crippen molar-refractivity contribution in [2.45, 2.75) is 40.0 Å². The number of rotatable bonds is 7. The van der Waals surface area contributed by atoms with Gasteiger partial charge in [-0.2, -0.15) is 0 Å². The number of hydrogen-bond acceptors (Lipinski definition) is 3. The van der Waals surface area contributed by atoms with Gasteiger partial charge in [0.1, 0.15) is 5.78 Å². The number of carbonyl (C=O) groups excluding carboxylic acids is 1. The first-order chi connectivity index (χ1) is 8.56. The van der Waals surface area contributed by atoms with Crippen LogP contribution in [0.25, 0.3) is 0 Å². The number of phenolic OH excluding ortho intramolecular Hbond substituents is 1. The highest BCUT2D eigenvalue weighted by atomic mass is 16.5. The smallest absolute Gasteiger partial charge is 0.161 e. The van der Waals surface area contributed by atoms with Crippen molar-refractivity contribution in [3.63, 3.8) is 0 Å². The van der Waals surface area contributed by atoms with Crippen molar-refractivity contribution in [3.05, 3.63) is 23.8 Å². The summed E-state index contributed by atoms with van der Waals surface area (Å²) in [5.74, 6) is 1.09. The van der Waals surface area contributed by atoms with Crippen LogP contribution in [0.15, 0.2) is 18.2 Å². The van der Waals surface area contributed by atoms with E-state index in [1.54, 1.807) is 6.07 Å². The molecule has 1 N–H and O–H groups in total. The molecule has 3 heteroatoms. The minimum absolute atomic E-state index is 0.0911.